The van der Waals surface area contributed by atoms with Crippen molar-refractivity contribution in [1.29, 1.82) is 0 Å². The number of hydrogen-bond acceptors (Lipinski definition) is 3. The Morgan fingerprint density at radius 1 is 1.15 bits per heavy atom. The van der Waals surface area contributed by atoms with Gasteiger partial charge in [0.25, 0.3) is 5.91 Å². The fraction of sp³-hybridized carbons (Fsp3) is 0.158. The van der Waals surface area contributed by atoms with Crippen molar-refractivity contribution in [3.8, 4) is 0 Å². The SMILES string of the molecule is C[C@@H](OC(=O)/C=C/c1ccc(C(F)(F)F)cc1)C(=O)Nc1cccc(Cl)c1. The molecule has 2 aromatic rings. The van der Waals surface area contributed by atoms with Crippen LogP contribution in [-0.4, -0.2) is 18.0 Å². The van der Waals surface area contributed by atoms with Gasteiger partial charge in [-0.3, -0.25) is 4.79 Å². The number of hydrogen-bond donors (Lipinski definition) is 1. The number of esters is 1. The van der Waals surface area contributed by atoms with E-state index in [1.54, 1.807) is 24.3 Å². The molecule has 27 heavy (non-hydrogen) atoms. The van der Waals surface area contributed by atoms with E-state index in [9.17, 15) is 22.8 Å². The summed E-state index contributed by atoms with van der Waals surface area (Å²) < 4.78 is 42.4. The Morgan fingerprint density at radius 3 is 2.41 bits per heavy atom. The molecule has 0 radical (unpaired) electrons. The number of amides is 1. The fourth-order valence-electron chi connectivity index (χ4n) is 2.02. The zero-order valence-corrected chi connectivity index (χ0v) is 14.8. The summed E-state index contributed by atoms with van der Waals surface area (Å²) in [6, 6.07) is 10.7. The number of rotatable bonds is 5. The Balaban J connectivity index is 1.90. The molecule has 0 bridgehead atoms. The average Bonchev–Trinajstić information content (AvgIpc) is 2.59. The first-order valence-electron chi connectivity index (χ1n) is 7.77. The van der Waals surface area contributed by atoms with Gasteiger partial charge in [-0.1, -0.05) is 29.8 Å². The third kappa shape index (κ3) is 6.45. The predicted molar refractivity (Wildman–Crippen MR) is 96.1 cm³/mol. The molecular weight excluding hydrogens is 383 g/mol. The lowest BCUT2D eigenvalue weighted by atomic mass is 10.1. The lowest BCUT2D eigenvalue weighted by Crippen LogP contribution is -2.29. The maximum atomic E-state index is 12.5. The van der Waals surface area contributed by atoms with Crippen LogP contribution in [0.3, 0.4) is 0 Å². The highest BCUT2D eigenvalue weighted by Gasteiger charge is 2.29. The van der Waals surface area contributed by atoms with Crippen LogP contribution in [0.15, 0.2) is 54.6 Å². The van der Waals surface area contributed by atoms with Crippen molar-refractivity contribution in [2.24, 2.45) is 0 Å². The second-order valence-electron chi connectivity index (χ2n) is 5.53. The van der Waals surface area contributed by atoms with Crippen molar-refractivity contribution in [2.75, 3.05) is 5.32 Å². The standard InChI is InChI=1S/C19H15ClF3NO3/c1-12(18(26)24-16-4-2-3-15(20)11-16)27-17(25)10-7-13-5-8-14(9-6-13)19(21,22)23/h2-12H,1H3,(H,24,26)/b10-7+/t12-/m1/s1. The van der Waals surface area contributed by atoms with E-state index in [0.29, 0.717) is 16.3 Å². The summed E-state index contributed by atoms with van der Waals surface area (Å²) in [6.45, 7) is 1.39. The van der Waals surface area contributed by atoms with Gasteiger partial charge in [-0.2, -0.15) is 13.2 Å². The molecule has 2 rings (SSSR count). The zero-order valence-electron chi connectivity index (χ0n) is 14.1. The van der Waals surface area contributed by atoms with Crippen molar-refractivity contribution < 1.29 is 27.5 Å². The van der Waals surface area contributed by atoms with Crippen LogP contribution in [0.1, 0.15) is 18.1 Å². The van der Waals surface area contributed by atoms with Crippen LogP contribution in [-0.2, 0) is 20.5 Å². The van der Waals surface area contributed by atoms with Crippen LogP contribution in [0.2, 0.25) is 5.02 Å². The summed E-state index contributed by atoms with van der Waals surface area (Å²) in [5.74, 6) is -1.35. The molecule has 8 heteroatoms. The number of ether oxygens (including phenoxy) is 1. The zero-order chi connectivity index (χ0) is 20.0. The van der Waals surface area contributed by atoms with Gasteiger partial charge in [-0.15, -0.1) is 0 Å². The smallest absolute Gasteiger partial charge is 0.416 e. The molecule has 0 fully saturated rings. The summed E-state index contributed by atoms with van der Waals surface area (Å²) >= 11 is 5.82. The van der Waals surface area contributed by atoms with Gasteiger partial charge in [-0.05, 0) is 48.9 Å². The van der Waals surface area contributed by atoms with Gasteiger partial charge >= 0.3 is 12.1 Å². The third-order valence-corrected chi connectivity index (χ3v) is 3.64. The molecule has 0 unspecified atom stereocenters. The van der Waals surface area contributed by atoms with Crippen molar-refractivity contribution in [3.63, 3.8) is 0 Å². The van der Waals surface area contributed by atoms with Crippen molar-refractivity contribution in [2.45, 2.75) is 19.2 Å². The van der Waals surface area contributed by atoms with E-state index in [-0.39, 0.29) is 0 Å². The Labute approximate surface area is 158 Å². The van der Waals surface area contributed by atoms with Gasteiger partial charge in [0.15, 0.2) is 6.10 Å². The largest absolute Gasteiger partial charge is 0.449 e. The number of carbonyl (C=O) groups excluding carboxylic acids is 2. The predicted octanol–water partition coefficient (Wildman–Crippen LogP) is 4.94. The molecule has 142 valence electrons. The summed E-state index contributed by atoms with van der Waals surface area (Å²) in [7, 11) is 0. The molecule has 0 aliphatic rings. The molecular formula is C19H15ClF3NO3. The minimum Gasteiger partial charge on any atom is -0.449 e. The fourth-order valence-corrected chi connectivity index (χ4v) is 2.21. The Kier molecular flexibility index (Phi) is 6.63. The van der Waals surface area contributed by atoms with Crippen LogP contribution < -0.4 is 5.32 Å². The molecule has 0 spiro atoms. The quantitative estimate of drug-likeness (QED) is 0.574. The second-order valence-corrected chi connectivity index (χ2v) is 5.97. The normalized spacial score (nSPS) is 12.6. The van der Waals surface area contributed by atoms with Crippen LogP contribution >= 0.6 is 11.6 Å². The lowest BCUT2D eigenvalue weighted by molar-refractivity contribution is -0.148. The number of anilines is 1. The van der Waals surface area contributed by atoms with Crippen LogP contribution in [0, 0.1) is 0 Å². The summed E-state index contributed by atoms with van der Waals surface area (Å²) in [6.07, 6.45) is -3.17. The summed E-state index contributed by atoms with van der Waals surface area (Å²) in [4.78, 5) is 23.8. The van der Waals surface area contributed by atoms with E-state index < -0.39 is 29.7 Å². The van der Waals surface area contributed by atoms with Crippen molar-refractivity contribution in [3.05, 3.63) is 70.8 Å². The number of nitrogens with one attached hydrogen (secondary N) is 1. The molecule has 0 saturated heterocycles. The highest BCUT2D eigenvalue weighted by Crippen LogP contribution is 2.29. The first kappa shape index (κ1) is 20.5. The monoisotopic (exact) mass is 397 g/mol. The molecule has 2 aromatic carbocycles. The topological polar surface area (TPSA) is 55.4 Å². The molecule has 0 aliphatic carbocycles. The first-order chi connectivity index (χ1) is 12.6. The van der Waals surface area contributed by atoms with E-state index >= 15 is 0 Å². The molecule has 0 saturated carbocycles. The van der Waals surface area contributed by atoms with Gasteiger partial charge < -0.3 is 10.1 Å². The minimum atomic E-state index is -4.42. The van der Waals surface area contributed by atoms with Crippen molar-refractivity contribution in [1.82, 2.24) is 0 Å². The van der Waals surface area contributed by atoms with E-state index in [1.807, 2.05) is 0 Å². The average molecular weight is 398 g/mol. The molecule has 1 N–H and O–H groups in total. The number of carbonyl (C=O) groups is 2. The van der Waals surface area contributed by atoms with Gasteiger partial charge in [0.1, 0.15) is 0 Å². The maximum Gasteiger partial charge on any atom is 0.416 e. The third-order valence-electron chi connectivity index (χ3n) is 3.40. The molecule has 1 atom stereocenters. The summed E-state index contributed by atoms with van der Waals surface area (Å²) in [5.41, 5.74) is 0.0558. The van der Waals surface area contributed by atoms with E-state index in [2.05, 4.69) is 5.32 Å². The Bertz CT molecular complexity index is 848. The molecule has 0 aliphatic heterocycles. The number of alkyl halides is 3. The highest BCUT2D eigenvalue weighted by atomic mass is 35.5. The van der Waals surface area contributed by atoms with Crippen LogP contribution in [0.25, 0.3) is 6.08 Å². The van der Waals surface area contributed by atoms with Gasteiger partial charge in [0.2, 0.25) is 0 Å². The second kappa shape index (κ2) is 8.73. The van der Waals surface area contributed by atoms with Gasteiger partial charge in [-0.25, -0.2) is 4.79 Å². The molecule has 4 nitrogen and oxygen atoms in total. The van der Waals surface area contributed by atoms with E-state index in [4.69, 9.17) is 16.3 Å². The molecule has 1 amide bonds. The Hall–Kier alpha value is -2.80. The number of benzene rings is 2. The van der Waals surface area contributed by atoms with E-state index in [1.165, 1.54) is 25.1 Å². The van der Waals surface area contributed by atoms with Crippen LogP contribution in [0.5, 0.6) is 0 Å². The number of halogens is 4. The van der Waals surface area contributed by atoms with Gasteiger partial charge in [0, 0.05) is 16.8 Å². The van der Waals surface area contributed by atoms with Gasteiger partial charge in [0.05, 0.1) is 5.56 Å². The lowest BCUT2D eigenvalue weighted by Gasteiger charge is -2.12. The maximum absolute atomic E-state index is 12.5. The molecule has 0 heterocycles. The highest BCUT2D eigenvalue weighted by molar-refractivity contribution is 6.30. The van der Waals surface area contributed by atoms with E-state index in [0.717, 1.165) is 18.2 Å². The Morgan fingerprint density at radius 2 is 1.81 bits per heavy atom. The summed E-state index contributed by atoms with van der Waals surface area (Å²) in [5, 5.41) is 2.99. The molecule has 0 aromatic heterocycles. The van der Waals surface area contributed by atoms with Crippen LogP contribution in [0.4, 0.5) is 18.9 Å². The first-order valence-corrected chi connectivity index (χ1v) is 8.15. The van der Waals surface area contributed by atoms with Crippen molar-refractivity contribution >= 4 is 35.2 Å². The minimum absolute atomic E-state index is 0.385.